The van der Waals surface area contributed by atoms with Crippen LogP contribution < -0.4 is 10.6 Å². The summed E-state index contributed by atoms with van der Waals surface area (Å²) < 4.78 is 27.1. The van der Waals surface area contributed by atoms with Crippen LogP contribution >= 0.6 is 0 Å². The van der Waals surface area contributed by atoms with Crippen molar-refractivity contribution in [3.05, 3.63) is 35.9 Å². The lowest BCUT2D eigenvalue weighted by molar-refractivity contribution is -0.126. The molecule has 0 unspecified atom stereocenters. The molecule has 0 spiro atoms. The average molecular weight is 422 g/mol. The van der Waals surface area contributed by atoms with Crippen molar-refractivity contribution in [3.8, 4) is 0 Å². The van der Waals surface area contributed by atoms with Gasteiger partial charge in [0.25, 0.3) is 0 Å². The van der Waals surface area contributed by atoms with Gasteiger partial charge in [0, 0.05) is 25.7 Å². The quantitative estimate of drug-likeness (QED) is 0.630. The zero-order chi connectivity index (χ0) is 21.3. The summed E-state index contributed by atoms with van der Waals surface area (Å²) in [6, 6.07) is 5.86. The first-order valence-corrected chi connectivity index (χ1v) is 11.6. The van der Waals surface area contributed by atoms with Crippen molar-refractivity contribution in [2.24, 2.45) is 0 Å². The average Bonchev–Trinajstić information content (AvgIpc) is 3.01. The van der Waals surface area contributed by atoms with E-state index in [1.165, 1.54) is 6.08 Å². The molecule has 0 saturated carbocycles. The summed E-state index contributed by atoms with van der Waals surface area (Å²) in [7, 11) is -3.48. The third-order valence-electron chi connectivity index (χ3n) is 4.81. The summed E-state index contributed by atoms with van der Waals surface area (Å²) in [4.78, 5) is 24.0. The summed E-state index contributed by atoms with van der Waals surface area (Å²) in [5.41, 5.74) is 0.707. The Morgan fingerprint density at radius 3 is 2.31 bits per heavy atom. The molecule has 2 rings (SSSR count). The molecule has 0 aliphatic carbocycles. The number of rotatable bonds is 8. The van der Waals surface area contributed by atoms with E-state index < -0.39 is 16.1 Å². The van der Waals surface area contributed by atoms with Gasteiger partial charge in [-0.1, -0.05) is 31.9 Å². The van der Waals surface area contributed by atoms with E-state index in [2.05, 4.69) is 10.6 Å². The standard InChI is InChI=1S/C21H31N3O4S/c1-3-14-22-21(26)17(2)23-20(25)13-10-18-8-11-19(12-9-18)29(27,28)24-15-6-4-5-7-16-24/h8-13,17H,3-7,14-16H2,1-2H3,(H,22,26)(H,23,25)/b13-10+/t17-/m1/s1. The minimum absolute atomic E-state index is 0.225. The van der Waals surface area contributed by atoms with E-state index >= 15 is 0 Å². The molecule has 2 amide bonds. The second-order valence-corrected chi connectivity index (χ2v) is 9.18. The van der Waals surface area contributed by atoms with Crippen LogP contribution in [-0.2, 0) is 19.6 Å². The molecule has 0 bridgehead atoms. The number of benzene rings is 1. The van der Waals surface area contributed by atoms with Crippen molar-refractivity contribution < 1.29 is 18.0 Å². The number of hydrogen-bond donors (Lipinski definition) is 2. The summed E-state index contributed by atoms with van der Waals surface area (Å²) >= 11 is 0. The molecule has 1 aliphatic rings. The number of nitrogens with one attached hydrogen (secondary N) is 2. The van der Waals surface area contributed by atoms with E-state index in [4.69, 9.17) is 0 Å². The maximum absolute atomic E-state index is 12.8. The van der Waals surface area contributed by atoms with Gasteiger partial charge in [-0.3, -0.25) is 9.59 Å². The third-order valence-corrected chi connectivity index (χ3v) is 6.72. The molecule has 1 aromatic rings. The number of carbonyl (C=O) groups excluding carboxylic acids is 2. The molecule has 1 atom stereocenters. The fourth-order valence-corrected chi connectivity index (χ4v) is 4.60. The maximum Gasteiger partial charge on any atom is 0.244 e. The van der Waals surface area contributed by atoms with Gasteiger partial charge in [-0.25, -0.2) is 8.42 Å². The zero-order valence-corrected chi connectivity index (χ0v) is 18.0. The predicted molar refractivity (Wildman–Crippen MR) is 114 cm³/mol. The molecule has 1 aliphatic heterocycles. The van der Waals surface area contributed by atoms with Crippen molar-refractivity contribution in [2.75, 3.05) is 19.6 Å². The Morgan fingerprint density at radius 1 is 1.10 bits per heavy atom. The number of nitrogens with zero attached hydrogens (tertiary/aromatic N) is 1. The molecule has 0 aromatic heterocycles. The van der Waals surface area contributed by atoms with Crippen molar-refractivity contribution >= 4 is 27.9 Å². The molecular formula is C21H31N3O4S. The van der Waals surface area contributed by atoms with E-state index in [-0.39, 0.29) is 16.7 Å². The lowest BCUT2D eigenvalue weighted by atomic mass is 10.2. The van der Waals surface area contributed by atoms with Crippen molar-refractivity contribution in [1.82, 2.24) is 14.9 Å². The fraction of sp³-hybridized carbons (Fsp3) is 0.524. The normalized spacial score (nSPS) is 16.9. The van der Waals surface area contributed by atoms with Crippen LogP contribution in [0, 0.1) is 0 Å². The zero-order valence-electron chi connectivity index (χ0n) is 17.2. The Morgan fingerprint density at radius 2 is 1.72 bits per heavy atom. The van der Waals surface area contributed by atoms with Crippen LogP contribution in [0.25, 0.3) is 6.08 Å². The molecule has 8 heteroatoms. The van der Waals surface area contributed by atoms with Gasteiger partial charge in [0.1, 0.15) is 6.04 Å². The van der Waals surface area contributed by atoms with E-state index in [1.54, 1.807) is 41.6 Å². The third kappa shape index (κ3) is 6.97. The second-order valence-electron chi connectivity index (χ2n) is 7.24. The highest BCUT2D eigenvalue weighted by molar-refractivity contribution is 7.89. The Balaban J connectivity index is 1.95. The van der Waals surface area contributed by atoms with Crippen LogP contribution in [0.15, 0.2) is 35.2 Å². The molecular weight excluding hydrogens is 390 g/mol. The Bertz CT molecular complexity index is 811. The van der Waals surface area contributed by atoms with E-state index in [1.807, 2.05) is 6.92 Å². The van der Waals surface area contributed by atoms with Gasteiger partial charge in [0.15, 0.2) is 0 Å². The summed E-state index contributed by atoms with van der Waals surface area (Å²) in [5.74, 6) is -0.609. The van der Waals surface area contributed by atoms with Crippen LogP contribution in [0.5, 0.6) is 0 Å². The second kappa shape index (κ2) is 11.1. The van der Waals surface area contributed by atoms with E-state index in [0.717, 1.165) is 32.1 Å². The predicted octanol–water partition coefficient (Wildman–Crippen LogP) is 2.30. The summed E-state index contributed by atoms with van der Waals surface area (Å²) in [6.07, 6.45) is 7.67. The van der Waals surface area contributed by atoms with E-state index in [0.29, 0.717) is 25.2 Å². The largest absolute Gasteiger partial charge is 0.354 e. The summed E-state index contributed by atoms with van der Waals surface area (Å²) in [6.45, 7) is 5.28. The van der Waals surface area contributed by atoms with Gasteiger partial charge in [-0.05, 0) is 50.0 Å². The SMILES string of the molecule is CCCNC(=O)[C@@H](C)NC(=O)/C=C/c1ccc(S(=O)(=O)N2CCCCCC2)cc1. The van der Waals surface area contributed by atoms with Crippen LogP contribution in [0.4, 0.5) is 0 Å². The van der Waals surface area contributed by atoms with Gasteiger partial charge < -0.3 is 10.6 Å². The van der Waals surface area contributed by atoms with E-state index in [9.17, 15) is 18.0 Å². The Labute approximate surface area is 173 Å². The molecule has 160 valence electrons. The smallest absolute Gasteiger partial charge is 0.244 e. The van der Waals surface area contributed by atoms with Crippen molar-refractivity contribution in [1.29, 1.82) is 0 Å². The number of carbonyl (C=O) groups is 2. The molecule has 1 fully saturated rings. The van der Waals surface area contributed by atoms with Crippen molar-refractivity contribution in [2.45, 2.75) is 56.9 Å². The monoisotopic (exact) mass is 421 g/mol. The molecule has 0 radical (unpaired) electrons. The molecule has 1 aromatic carbocycles. The molecule has 1 saturated heterocycles. The maximum atomic E-state index is 12.8. The molecule has 29 heavy (non-hydrogen) atoms. The highest BCUT2D eigenvalue weighted by atomic mass is 32.2. The minimum atomic E-state index is -3.48. The van der Waals surface area contributed by atoms with Crippen LogP contribution in [0.2, 0.25) is 0 Å². The highest BCUT2D eigenvalue weighted by Gasteiger charge is 2.24. The van der Waals surface area contributed by atoms with Gasteiger partial charge in [0.05, 0.1) is 4.90 Å². The van der Waals surface area contributed by atoms with Crippen LogP contribution in [-0.4, -0.2) is 50.2 Å². The van der Waals surface area contributed by atoms with Gasteiger partial charge in [-0.2, -0.15) is 4.31 Å². The fourth-order valence-electron chi connectivity index (χ4n) is 3.08. The number of hydrogen-bond acceptors (Lipinski definition) is 4. The first kappa shape index (κ1) is 23.1. The number of amides is 2. The first-order chi connectivity index (χ1) is 13.8. The number of sulfonamides is 1. The molecule has 2 N–H and O–H groups in total. The topological polar surface area (TPSA) is 95.6 Å². The Hall–Kier alpha value is -2.19. The molecule has 7 nitrogen and oxygen atoms in total. The van der Waals surface area contributed by atoms with Crippen molar-refractivity contribution in [3.63, 3.8) is 0 Å². The van der Waals surface area contributed by atoms with Crippen LogP contribution in [0.1, 0.15) is 51.5 Å². The highest BCUT2D eigenvalue weighted by Crippen LogP contribution is 2.20. The summed E-state index contributed by atoms with van der Waals surface area (Å²) in [5, 5.41) is 5.33. The van der Waals surface area contributed by atoms with Gasteiger partial charge in [-0.15, -0.1) is 0 Å². The minimum Gasteiger partial charge on any atom is -0.354 e. The lowest BCUT2D eigenvalue weighted by Gasteiger charge is -2.19. The Kier molecular flexibility index (Phi) is 8.85. The first-order valence-electron chi connectivity index (χ1n) is 10.2. The van der Waals surface area contributed by atoms with Gasteiger partial charge >= 0.3 is 0 Å². The lowest BCUT2D eigenvalue weighted by Crippen LogP contribution is -2.44. The molecule has 1 heterocycles. The van der Waals surface area contributed by atoms with Crippen LogP contribution in [0.3, 0.4) is 0 Å². The van der Waals surface area contributed by atoms with Gasteiger partial charge in [0.2, 0.25) is 21.8 Å².